The van der Waals surface area contributed by atoms with Crippen LogP contribution in [0, 0.1) is 0 Å². The first-order valence-electron chi connectivity index (χ1n) is 7.24. The highest BCUT2D eigenvalue weighted by molar-refractivity contribution is 5.22. The van der Waals surface area contributed by atoms with E-state index in [1.165, 1.54) is 11.1 Å². The van der Waals surface area contributed by atoms with Crippen molar-refractivity contribution in [2.24, 2.45) is 0 Å². The summed E-state index contributed by atoms with van der Waals surface area (Å²) in [4.78, 5) is 2.40. The monoisotopic (exact) mass is 262 g/mol. The molecule has 0 aliphatic carbocycles. The molecule has 3 nitrogen and oxygen atoms in total. The molecule has 0 radical (unpaired) electrons. The highest BCUT2D eigenvalue weighted by Gasteiger charge is 2.19. The third-order valence-corrected chi connectivity index (χ3v) is 3.70. The Morgan fingerprint density at radius 2 is 1.95 bits per heavy atom. The molecule has 3 heteroatoms. The van der Waals surface area contributed by atoms with Gasteiger partial charge in [-0.25, -0.2) is 0 Å². The van der Waals surface area contributed by atoms with E-state index in [0.29, 0.717) is 12.1 Å². The average molecular weight is 262 g/mol. The largest absolute Gasteiger partial charge is 0.380 e. The van der Waals surface area contributed by atoms with Gasteiger partial charge in [-0.1, -0.05) is 38.1 Å². The molecule has 0 amide bonds. The molecule has 1 atom stereocenters. The third-order valence-electron chi connectivity index (χ3n) is 3.70. The zero-order valence-corrected chi connectivity index (χ0v) is 12.4. The average Bonchev–Trinajstić information content (AvgIpc) is 2.92. The van der Waals surface area contributed by atoms with E-state index in [1.807, 2.05) is 0 Å². The van der Waals surface area contributed by atoms with Crippen LogP contribution in [0.4, 0.5) is 0 Å². The molecular formula is C16H26N2O. The number of benzene rings is 1. The molecule has 0 saturated carbocycles. The second-order valence-electron chi connectivity index (χ2n) is 5.78. The number of hydrogen-bond donors (Lipinski definition) is 1. The number of likely N-dealkylation sites (N-methyl/N-ethyl adjacent to an activating group) is 1. The summed E-state index contributed by atoms with van der Waals surface area (Å²) >= 11 is 0. The van der Waals surface area contributed by atoms with E-state index in [2.05, 4.69) is 55.4 Å². The van der Waals surface area contributed by atoms with Gasteiger partial charge in [-0.3, -0.25) is 4.90 Å². The van der Waals surface area contributed by atoms with Gasteiger partial charge in [0, 0.05) is 31.8 Å². The molecule has 1 N–H and O–H groups in total. The van der Waals surface area contributed by atoms with E-state index in [4.69, 9.17) is 4.74 Å². The quantitative estimate of drug-likeness (QED) is 0.852. The van der Waals surface area contributed by atoms with Crippen LogP contribution in [-0.2, 0) is 17.8 Å². The van der Waals surface area contributed by atoms with Crippen molar-refractivity contribution in [3.8, 4) is 0 Å². The van der Waals surface area contributed by atoms with Crippen molar-refractivity contribution in [2.45, 2.75) is 45.4 Å². The zero-order chi connectivity index (χ0) is 13.7. The SMILES string of the molecule is CC(C)NCc1ccc(CN(C)C2CCOC2)cc1. The molecule has 1 aromatic carbocycles. The van der Waals surface area contributed by atoms with Crippen LogP contribution in [0.25, 0.3) is 0 Å². The van der Waals surface area contributed by atoms with E-state index in [0.717, 1.165) is 32.7 Å². The highest BCUT2D eigenvalue weighted by atomic mass is 16.5. The first-order chi connectivity index (χ1) is 9.15. The molecule has 0 spiro atoms. The van der Waals surface area contributed by atoms with Crippen LogP contribution in [0.5, 0.6) is 0 Å². The fourth-order valence-corrected chi connectivity index (χ4v) is 2.37. The number of nitrogens with one attached hydrogen (secondary N) is 1. The normalized spacial score (nSPS) is 19.5. The number of rotatable bonds is 6. The standard InChI is InChI=1S/C16H26N2O/c1-13(2)17-10-14-4-6-15(7-5-14)11-18(3)16-8-9-19-12-16/h4-7,13,16-17H,8-12H2,1-3H3. The summed E-state index contributed by atoms with van der Waals surface area (Å²) in [7, 11) is 2.19. The van der Waals surface area contributed by atoms with Gasteiger partial charge >= 0.3 is 0 Å². The Bertz CT molecular complexity index is 369. The highest BCUT2D eigenvalue weighted by Crippen LogP contribution is 2.14. The van der Waals surface area contributed by atoms with Crippen LogP contribution in [-0.4, -0.2) is 37.2 Å². The van der Waals surface area contributed by atoms with Gasteiger partial charge in [0.1, 0.15) is 0 Å². The second-order valence-corrected chi connectivity index (χ2v) is 5.78. The molecule has 1 saturated heterocycles. The lowest BCUT2D eigenvalue weighted by Gasteiger charge is -2.22. The fraction of sp³-hybridized carbons (Fsp3) is 0.625. The van der Waals surface area contributed by atoms with Gasteiger partial charge in [-0.05, 0) is 24.6 Å². The van der Waals surface area contributed by atoms with Gasteiger partial charge in [-0.2, -0.15) is 0 Å². The molecular weight excluding hydrogens is 236 g/mol. The molecule has 0 aromatic heterocycles. The van der Waals surface area contributed by atoms with E-state index in [9.17, 15) is 0 Å². The van der Waals surface area contributed by atoms with E-state index in [1.54, 1.807) is 0 Å². The van der Waals surface area contributed by atoms with Crippen molar-refractivity contribution in [3.05, 3.63) is 35.4 Å². The van der Waals surface area contributed by atoms with Crippen LogP contribution in [0.15, 0.2) is 24.3 Å². The summed E-state index contributed by atoms with van der Waals surface area (Å²) in [6.45, 7) is 8.10. The Kier molecular flexibility index (Phi) is 5.37. The summed E-state index contributed by atoms with van der Waals surface area (Å²) in [5.74, 6) is 0. The molecule has 1 unspecified atom stereocenters. The molecule has 0 bridgehead atoms. The smallest absolute Gasteiger partial charge is 0.0622 e. The van der Waals surface area contributed by atoms with Gasteiger partial charge in [0.15, 0.2) is 0 Å². The van der Waals surface area contributed by atoms with Gasteiger partial charge in [0.25, 0.3) is 0 Å². The number of ether oxygens (including phenoxy) is 1. The van der Waals surface area contributed by atoms with Crippen molar-refractivity contribution in [1.82, 2.24) is 10.2 Å². The Balaban J connectivity index is 1.83. The molecule has 1 fully saturated rings. The maximum atomic E-state index is 5.44. The van der Waals surface area contributed by atoms with Crippen molar-refractivity contribution >= 4 is 0 Å². The van der Waals surface area contributed by atoms with E-state index < -0.39 is 0 Å². The lowest BCUT2D eigenvalue weighted by atomic mass is 10.1. The second kappa shape index (κ2) is 7.04. The number of nitrogens with zero attached hydrogens (tertiary/aromatic N) is 1. The third kappa shape index (κ3) is 4.60. The molecule has 1 heterocycles. The molecule has 2 rings (SSSR count). The Morgan fingerprint density at radius 3 is 2.53 bits per heavy atom. The first kappa shape index (κ1) is 14.5. The van der Waals surface area contributed by atoms with Crippen LogP contribution >= 0.6 is 0 Å². The van der Waals surface area contributed by atoms with Crippen molar-refractivity contribution < 1.29 is 4.74 Å². The molecule has 19 heavy (non-hydrogen) atoms. The van der Waals surface area contributed by atoms with Gasteiger partial charge in [0.05, 0.1) is 6.61 Å². The summed E-state index contributed by atoms with van der Waals surface area (Å²) in [5.41, 5.74) is 2.73. The van der Waals surface area contributed by atoms with Crippen LogP contribution in [0.2, 0.25) is 0 Å². The van der Waals surface area contributed by atoms with Gasteiger partial charge < -0.3 is 10.1 Å². The maximum Gasteiger partial charge on any atom is 0.0622 e. The summed E-state index contributed by atoms with van der Waals surface area (Å²) in [6.07, 6.45) is 1.16. The van der Waals surface area contributed by atoms with Crippen molar-refractivity contribution in [1.29, 1.82) is 0 Å². The predicted octanol–water partition coefficient (Wildman–Crippen LogP) is 2.41. The maximum absolute atomic E-state index is 5.44. The molecule has 1 aliphatic rings. The van der Waals surface area contributed by atoms with E-state index >= 15 is 0 Å². The molecule has 1 aliphatic heterocycles. The number of hydrogen-bond acceptors (Lipinski definition) is 3. The predicted molar refractivity (Wildman–Crippen MR) is 79.1 cm³/mol. The Hall–Kier alpha value is -0.900. The van der Waals surface area contributed by atoms with Crippen molar-refractivity contribution in [2.75, 3.05) is 20.3 Å². The summed E-state index contributed by atoms with van der Waals surface area (Å²) < 4.78 is 5.44. The zero-order valence-electron chi connectivity index (χ0n) is 12.4. The summed E-state index contributed by atoms with van der Waals surface area (Å²) in [6, 6.07) is 10.1. The van der Waals surface area contributed by atoms with Crippen LogP contribution in [0.1, 0.15) is 31.4 Å². The minimum absolute atomic E-state index is 0.535. The lowest BCUT2D eigenvalue weighted by molar-refractivity contribution is 0.156. The lowest BCUT2D eigenvalue weighted by Crippen LogP contribution is -2.31. The van der Waals surface area contributed by atoms with Gasteiger partial charge in [0.2, 0.25) is 0 Å². The Labute approximate surface area is 116 Å². The molecule has 1 aromatic rings. The van der Waals surface area contributed by atoms with Crippen molar-refractivity contribution in [3.63, 3.8) is 0 Å². The Morgan fingerprint density at radius 1 is 1.26 bits per heavy atom. The van der Waals surface area contributed by atoms with Crippen LogP contribution < -0.4 is 5.32 Å². The topological polar surface area (TPSA) is 24.5 Å². The molecule has 106 valence electrons. The van der Waals surface area contributed by atoms with E-state index in [-0.39, 0.29) is 0 Å². The minimum atomic E-state index is 0.535. The fourth-order valence-electron chi connectivity index (χ4n) is 2.37. The minimum Gasteiger partial charge on any atom is -0.380 e. The van der Waals surface area contributed by atoms with Crippen LogP contribution in [0.3, 0.4) is 0 Å². The van der Waals surface area contributed by atoms with Gasteiger partial charge in [-0.15, -0.1) is 0 Å². The summed E-state index contributed by atoms with van der Waals surface area (Å²) in [5, 5.41) is 3.44. The first-order valence-corrected chi connectivity index (χ1v) is 7.24.